The van der Waals surface area contributed by atoms with Crippen molar-refractivity contribution >= 4 is 0 Å². The summed E-state index contributed by atoms with van der Waals surface area (Å²) in [5.74, 6) is 1.000. The Morgan fingerprint density at radius 2 is 2.06 bits per heavy atom. The quantitative estimate of drug-likeness (QED) is 0.794. The Hall–Kier alpha value is -0.120. The lowest BCUT2D eigenvalue weighted by Crippen LogP contribution is -2.41. The number of hydrogen-bond donors (Lipinski definition) is 1. The molecule has 0 spiro atoms. The second kappa shape index (κ2) is 6.72. The van der Waals surface area contributed by atoms with E-state index in [0.717, 1.165) is 12.5 Å². The van der Waals surface area contributed by atoms with E-state index < -0.39 is 0 Å². The third kappa shape index (κ3) is 3.94. The summed E-state index contributed by atoms with van der Waals surface area (Å²) in [5, 5.41) is 3.57. The zero-order chi connectivity index (χ0) is 12.1. The molecule has 0 aliphatic carbocycles. The minimum absolute atomic E-state index is 0.442. The van der Waals surface area contributed by atoms with Gasteiger partial charge in [-0.05, 0) is 38.3 Å². The number of ether oxygens (including phenoxy) is 1. The van der Waals surface area contributed by atoms with Crippen LogP contribution in [0.15, 0.2) is 0 Å². The van der Waals surface area contributed by atoms with E-state index >= 15 is 0 Å². The third-order valence-corrected chi connectivity index (χ3v) is 4.40. The van der Waals surface area contributed by atoms with Crippen LogP contribution in [0.4, 0.5) is 0 Å². The molecule has 0 aromatic rings. The van der Waals surface area contributed by atoms with Crippen molar-refractivity contribution in [2.45, 2.75) is 51.2 Å². The van der Waals surface area contributed by atoms with Gasteiger partial charge in [-0.3, -0.25) is 0 Å². The van der Waals surface area contributed by atoms with Gasteiger partial charge in [0.2, 0.25) is 0 Å². The standard InChI is InChI=1S/C14H28N2O/c1-3-4-12-5-7-16(8-6-12)11-13-9-14(17-2)10-15-13/h12-15H,3-11H2,1-2H3. The second-order valence-electron chi connectivity index (χ2n) is 5.73. The smallest absolute Gasteiger partial charge is 0.0711 e. The van der Waals surface area contributed by atoms with Crippen LogP contribution in [0.5, 0.6) is 0 Å². The predicted molar refractivity (Wildman–Crippen MR) is 71.3 cm³/mol. The highest BCUT2D eigenvalue weighted by Gasteiger charge is 2.27. The lowest BCUT2D eigenvalue weighted by molar-refractivity contribution is 0.113. The Balaban J connectivity index is 1.65. The molecule has 0 aromatic carbocycles. The highest BCUT2D eigenvalue weighted by molar-refractivity contribution is 4.85. The molecular weight excluding hydrogens is 212 g/mol. The molecular formula is C14H28N2O. The fourth-order valence-electron chi connectivity index (χ4n) is 3.28. The van der Waals surface area contributed by atoms with E-state index in [1.165, 1.54) is 51.7 Å². The maximum Gasteiger partial charge on any atom is 0.0711 e. The second-order valence-corrected chi connectivity index (χ2v) is 5.73. The van der Waals surface area contributed by atoms with Crippen LogP contribution >= 0.6 is 0 Å². The summed E-state index contributed by atoms with van der Waals surface area (Å²) in [6, 6.07) is 0.655. The molecule has 2 heterocycles. The summed E-state index contributed by atoms with van der Waals surface area (Å²) in [6.45, 7) is 7.17. The van der Waals surface area contributed by atoms with Crippen molar-refractivity contribution in [1.82, 2.24) is 10.2 Å². The molecule has 0 radical (unpaired) electrons. The van der Waals surface area contributed by atoms with Gasteiger partial charge < -0.3 is 15.0 Å². The van der Waals surface area contributed by atoms with E-state index in [1.54, 1.807) is 0 Å². The van der Waals surface area contributed by atoms with Crippen LogP contribution in [0, 0.1) is 5.92 Å². The van der Waals surface area contributed by atoms with Gasteiger partial charge in [-0.25, -0.2) is 0 Å². The average Bonchev–Trinajstić information content (AvgIpc) is 2.80. The van der Waals surface area contributed by atoms with Crippen molar-refractivity contribution in [1.29, 1.82) is 0 Å². The number of rotatable bonds is 5. The van der Waals surface area contributed by atoms with Crippen molar-refractivity contribution in [2.75, 3.05) is 33.3 Å². The van der Waals surface area contributed by atoms with Crippen molar-refractivity contribution in [3.63, 3.8) is 0 Å². The molecule has 0 bridgehead atoms. The van der Waals surface area contributed by atoms with Crippen LogP contribution in [0.2, 0.25) is 0 Å². The minimum Gasteiger partial charge on any atom is -0.380 e. The predicted octanol–water partition coefficient (Wildman–Crippen LogP) is 1.88. The molecule has 0 saturated carbocycles. The summed E-state index contributed by atoms with van der Waals surface area (Å²) in [5.41, 5.74) is 0. The maximum absolute atomic E-state index is 5.40. The molecule has 2 atom stereocenters. The van der Waals surface area contributed by atoms with Crippen LogP contribution in [-0.4, -0.2) is 50.3 Å². The molecule has 100 valence electrons. The molecule has 0 amide bonds. The van der Waals surface area contributed by atoms with Crippen LogP contribution < -0.4 is 5.32 Å². The van der Waals surface area contributed by atoms with Gasteiger partial charge in [0.15, 0.2) is 0 Å². The highest BCUT2D eigenvalue weighted by Crippen LogP contribution is 2.22. The van der Waals surface area contributed by atoms with Crippen molar-refractivity contribution in [3.8, 4) is 0 Å². The van der Waals surface area contributed by atoms with E-state index in [2.05, 4.69) is 17.1 Å². The lowest BCUT2D eigenvalue weighted by atomic mass is 9.92. The summed E-state index contributed by atoms with van der Waals surface area (Å²) >= 11 is 0. The Morgan fingerprint density at radius 3 is 2.65 bits per heavy atom. The average molecular weight is 240 g/mol. The third-order valence-electron chi connectivity index (χ3n) is 4.40. The highest BCUT2D eigenvalue weighted by atomic mass is 16.5. The summed E-state index contributed by atoms with van der Waals surface area (Å²) < 4.78 is 5.40. The molecule has 1 N–H and O–H groups in total. The molecule has 3 heteroatoms. The first-order valence-corrected chi connectivity index (χ1v) is 7.30. The topological polar surface area (TPSA) is 24.5 Å². The Morgan fingerprint density at radius 1 is 1.29 bits per heavy atom. The first kappa shape index (κ1) is 13.3. The molecule has 2 fully saturated rings. The van der Waals surface area contributed by atoms with Gasteiger partial charge >= 0.3 is 0 Å². The number of hydrogen-bond acceptors (Lipinski definition) is 3. The summed E-state index contributed by atoms with van der Waals surface area (Å²) in [6.07, 6.45) is 7.23. The van der Waals surface area contributed by atoms with Crippen LogP contribution in [-0.2, 0) is 4.74 Å². The van der Waals surface area contributed by atoms with E-state index in [9.17, 15) is 0 Å². The van der Waals surface area contributed by atoms with Crippen LogP contribution in [0.25, 0.3) is 0 Å². The number of nitrogens with one attached hydrogen (secondary N) is 1. The Labute approximate surface area is 106 Å². The van der Waals surface area contributed by atoms with Crippen molar-refractivity contribution in [3.05, 3.63) is 0 Å². The van der Waals surface area contributed by atoms with Crippen molar-refractivity contribution in [2.24, 2.45) is 5.92 Å². The molecule has 2 aliphatic rings. The molecule has 2 aliphatic heterocycles. The fraction of sp³-hybridized carbons (Fsp3) is 1.00. The lowest BCUT2D eigenvalue weighted by Gasteiger charge is -2.33. The van der Waals surface area contributed by atoms with Gasteiger partial charge in [-0.15, -0.1) is 0 Å². The molecule has 2 rings (SSSR count). The minimum atomic E-state index is 0.442. The van der Waals surface area contributed by atoms with Gasteiger partial charge in [0.25, 0.3) is 0 Å². The molecule has 3 nitrogen and oxygen atoms in total. The van der Waals surface area contributed by atoms with E-state index in [1.807, 2.05) is 7.11 Å². The van der Waals surface area contributed by atoms with Gasteiger partial charge in [-0.2, -0.15) is 0 Å². The van der Waals surface area contributed by atoms with E-state index in [0.29, 0.717) is 12.1 Å². The number of methoxy groups -OCH3 is 1. The van der Waals surface area contributed by atoms with E-state index in [-0.39, 0.29) is 0 Å². The van der Waals surface area contributed by atoms with Gasteiger partial charge in [-0.1, -0.05) is 19.8 Å². The van der Waals surface area contributed by atoms with Gasteiger partial charge in [0.1, 0.15) is 0 Å². The number of likely N-dealkylation sites (tertiary alicyclic amines) is 1. The SMILES string of the molecule is CCCC1CCN(CC2CC(OC)CN2)CC1. The monoisotopic (exact) mass is 240 g/mol. The largest absolute Gasteiger partial charge is 0.380 e. The molecule has 2 saturated heterocycles. The number of piperidine rings is 1. The number of nitrogens with zero attached hydrogens (tertiary/aromatic N) is 1. The van der Waals surface area contributed by atoms with E-state index in [4.69, 9.17) is 4.74 Å². The van der Waals surface area contributed by atoms with Gasteiger partial charge in [0, 0.05) is 26.2 Å². The molecule has 17 heavy (non-hydrogen) atoms. The Bertz CT molecular complexity index is 214. The zero-order valence-corrected chi connectivity index (χ0v) is 11.5. The summed E-state index contributed by atoms with van der Waals surface area (Å²) in [7, 11) is 1.82. The molecule has 0 aromatic heterocycles. The summed E-state index contributed by atoms with van der Waals surface area (Å²) in [4.78, 5) is 2.64. The zero-order valence-electron chi connectivity index (χ0n) is 11.5. The Kier molecular flexibility index (Phi) is 5.26. The van der Waals surface area contributed by atoms with Gasteiger partial charge in [0.05, 0.1) is 6.10 Å². The molecule has 2 unspecified atom stereocenters. The van der Waals surface area contributed by atoms with Crippen molar-refractivity contribution < 1.29 is 4.74 Å². The van der Waals surface area contributed by atoms with Crippen LogP contribution in [0.3, 0.4) is 0 Å². The van der Waals surface area contributed by atoms with Crippen LogP contribution in [0.1, 0.15) is 39.0 Å². The maximum atomic E-state index is 5.40. The first-order chi connectivity index (χ1) is 8.31. The fourth-order valence-corrected chi connectivity index (χ4v) is 3.28. The first-order valence-electron chi connectivity index (χ1n) is 7.30. The normalized spacial score (nSPS) is 32.1.